The molecule has 6 heteroatoms. The lowest BCUT2D eigenvalue weighted by atomic mass is 10.1. The highest BCUT2D eigenvalue weighted by molar-refractivity contribution is 9.10. The van der Waals surface area contributed by atoms with E-state index in [-0.39, 0.29) is 18.4 Å². The lowest BCUT2D eigenvalue weighted by Crippen LogP contribution is -2.30. The van der Waals surface area contributed by atoms with E-state index in [9.17, 15) is 9.59 Å². The monoisotopic (exact) mass is 428 g/mol. The Bertz CT molecular complexity index is 887. The first kappa shape index (κ1) is 19.2. The molecular weight excluding hydrogens is 408 g/mol. The first-order chi connectivity index (χ1) is 13.0. The van der Waals surface area contributed by atoms with Gasteiger partial charge < -0.3 is 15.0 Å². The molecule has 0 fully saturated rings. The van der Waals surface area contributed by atoms with E-state index in [2.05, 4.69) is 21.2 Å². The number of benzene rings is 2. The van der Waals surface area contributed by atoms with Gasteiger partial charge in [0, 0.05) is 34.4 Å². The highest BCUT2D eigenvalue weighted by Crippen LogP contribution is 2.29. The maximum Gasteiger partial charge on any atom is 0.255 e. The first-order valence-electron chi connectivity index (χ1n) is 8.85. The number of fused-ring (bicyclic) bond motifs is 1. The maximum atomic E-state index is 12.5. The Hall–Kier alpha value is -2.60. The zero-order valence-corrected chi connectivity index (χ0v) is 16.9. The van der Waals surface area contributed by atoms with Crippen LogP contribution in [0.3, 0.4) is 0 Å². The Balaban J connectivity index is 1.71. The first-order valence-corrected chi connectivity index (χ1v) is 9.64. The zero-order valence-electron chi connectivity index (χ0n) is 15.3. The highest BCUT2D eigenvalue weighted by Gasteiger charge is 2.18. The fourth-order valence-corrected chi connectivity index (χ4v) is 3.26. The van der Waals surface area contributed by atoms with E-state index in [1.54, 1.807) is 29.2 Å². The molecule has 1 heterocycles. The molecule has 27 heavy (non-hydrogen) atoms. The largest absolute Gasteiger partial charge is 0.488 e. The topological polar surface area (TPSA) is 58.6 Å². The summed E-state index contributed by atoms with van der Waals surface area (Å²) in [6.07, 6.45) is 1.83. The van der Waals surface area contributed by atoms with E-state index in [0.29, 0.717) is 29.9 Å². The van der Waals surface area contributed by atoms with Crippen molar-refractivity contribution < 1.29 is 14.3 Å². The molecule has 0 aliphatic carbocycles. The summed E-state index contributed by atoms with van der Waals surface area (Å²) in [6, 6.07) is 12.6. The number of carbonyl (C=O) groups excluding carboxylic acids is 2. The average Bonchev–Trinajstić information content (AvgIpc) is 2.68. The van der Waals surface area contributed by atoms with Gasteiger partial charge in [0.1, 0.15) is 12.4 Å². The molecule has 0 bridgehead atoms. The van der Waals surface area contributed by atoms with Crippen LogP contribution < -0.4 is 10.1 Å². The second-order valence-electron chi connectivity index (χ2n) is 6.15. The number of rotatable bonds is 5. The van der Waals surface area contributed by atoms with E-state index in [0.717, 1.165) is 15.8 Å². The van der Waals surface area contributed by atoms with E-state index in [1.807, 2.05) is 38.1 Å². The molecule has 1 aliphatic heterocycles. The van der Waals surface area contributed by atoms with Crippen LogP contribution in [0.2, 0.25) is 0 Å². The van der Waals surface area contributed by atoms with Gasteiger partial charge in [-0.2, -0.15) is 0 Å². The van der Waals surface area contributed by atoms with E-state index >= 15 is 0 Å². The predicted octanol–water partition coefficient (Wildman–Crippen LogP) is 4.35. The molecule has 1 aliphatic rings. The smallest absolute Gasteiger partial charge is 0.255 e. The number of nitrogens with one attached hydrogen (secondary N) is 1. The van der Waals surface area contributed by atoms with Crippen molar-refractivity contribution >= 4 is 39.5 Å². The van der Waals surface area contributed by atoms with E-state index < -0.39 is 0 Å². The average molecular weight is 429 g/mol. The van der Waals surface area contributed by atoms with Crippen LogP contribution in [0.25, 0.3) is 6.08 Å². The van der Waals surface area contributed by atoms with Gasteiger partial charge in [0.25, 0.3) is 11.8 Å². The molecule has 0 radical (unpaired) electrons. The predicted molar refractivity (Wildman–Crippen MR) is 110 cm³/mol. The molecular formula is C21H21BrN2O3. The summed E-state index contributed by atoms with van der Waals surface area (Å²) in [5, 5.41) is 2.86. The van der Waals surface area contributed by atoms with E-state index in [1.165, 1.54) is 0 Å². The van der Waals surface area contributed by atoms with Gasteiger partial charge in [-0.05, 0) is 62.4 Å². The van der Waals surface area contributed by atoms with Crippen molar-refractivity contribution in [1.29, 1.82) is 0 Å². The van der Waals surface area contributed by atoms with Crippen molar-refractivity contribution in [2.75, 3.05) is 25.0 Å². The van der Waals surface area contributed by atoms with Crippen LogP contribution in [-0.4, -0.2) is 36.4 Å². The Morgan fingerprint density at radius 2 is 1.81 bits per heavy atom. The molecule has 0 aromatic heterocycles. The Labute approximate surface area is 167 Å². The van der Waals surface area contributed by atoms with Crippen molar-refractivity contribution in [1.82, 2.24) is 4.90 Å². The maximum absolute atomic E-state index is 12.5. The minimum Gasteiger partial charge on any atom is -0.488 e. The van der Waals surface area contributed by atoms with Gasteiger partial charge in [0.2, 0.25) is 0 Å². The van der Waals surface area contributed by atoms with Crippen LogP contribution >= 0.6 is 15.9 Å². The lowest BCUT2D eigenvalue weighted by molar-refractivity contribution is -0.113. The quantitative estimate of drug-likeness (QED) is 0.769. The number of carbonyl (C=O) groups is 2. The van der Waals surface area contributed by atoms with Crippen LogP contribution in [-0.2, 0) is 4.79 Å². The molecule has 3 rings (SSSR count). The third-order valence-electron chi connectivity index (χ3n) is 4.42. The standard InChI is InChI=1S/C21H21BrN2O3/c1-3-24(4-2)21(26)14-5-8-18(9-6-14)23-20(25)16-11-15-12-17(22)7-10-19(15)27-13-16/h5-12H,3-4,13H2,1-2H3,(H,23,25). The normalized spacial score (nSPS) is 12.5. The summed E-state index contributed by atoms with van der Waals surface area (Å²) >= 11 is 3.42. The second kappa shape index (κ2) is 8.39. The lowest BCUT2D eigenvalue weighted by Gasteiger charge is -2.19. The van der Waals surface area contributed by atoms with Crippen LogP contribution in [0.5, 0.6) is 5.75 Å². The number of amides is 2. The molecule has 0 saturated heterocycles. The minimum atomic E-state index is -0.219. The van der Waals surface area contributed by atoms with Crippen LogP contribution in [0.1, 0.15) is 29.8 Å². The Kier molecular flexibility index (Phi) is 5.96. The number of hydrogen-bond donors (Lipinski definition) is 1. The van der Waals surface area contributed by atoms with Crippen LogP contribution in [0, 0.1) is 0 Å². The van der Waals surface area contributed by atoms with Gasteiger partial charge in [0.05, 0.1) is 5.57 Å². The van der Waals surface area contributed by atoms with Gasteiger partial charge in [-0.3, -0.25) is 9.59 Å². The van der Waals surface area contributed by atoms with E-state index in [4.69, 9.17) is 4.74 Å². The molecule has 140 valence electrons. The fraction of sp³-hybridized carbons (Fsp3) is 0.238. The van der Waals surface area contributed by atoms with Crippen LogP contribution in [0.15, 0.2) is 52.5 Å². The molecule has 5 nitrogen and oxygen atoms in total. The number of nitrogens with zero attached hydrogens (tertiary/aromatic N) is 1. The summed E-state index contributed by atoms with van der Waals surface area (Å²) in [5.41, 5.74) is 2.65. The highest BCUT2D eigenvalue weighted by atomic mass is 79.9. The van der Waals surface area contributed by atoms with Gasteiger partial charge in [-0.15, -0.1) is 0 Å². The van der Waals surface area contributed by atoms with Crippen molar-refractivity contribution in [3.63, 3.8) is 0 Å². The zero-order chi connectivity index (χ0) is 19.4. The van der Waals surface area contributed by atoms with Crippen molar-refractivity contribution in [3.05, 3.63) is 63.6 Å². The number of ether oxygens (including phenoxy) is 1. The molecule has 2 aromatic rings. The third kappa shape index (κ3) is 4.39. The summed E-state index contributed by atoms with van der Waals surface area (Å²) < 4.78 is 6.58. The second-order valence-corrected chi connectivity index (χ2v) is 7.06. The summed E-state index contributed by atoms with van der Waals surface area (Å²) in [4.78, 5) is 26.6. The molecule has 1 N–H and O–H groups in total. The summed E-state index contributed by atoms with van der Waals surface area (Å²) in [6.45, 7) is 5.46. The molecule has 0 spiro atoms. The SMILES string of the molecule is CCN(CC)C(=O)c1ccc(NC(=O)C2=Cc3cc(Br)ccc3OC2)cc1. The molecule has 2 aromatic carbocycles. The molecule has 0 atom stereocenters. The van der Waals surface area contributed by atoms with Gasteiger partial charge in [-0.25, -0.2) is 0 Å². The summed E-state index contributed by atoms with van der Waals surface area (Å²) in [5.74, 6) is 0.529. The fourth-order valence-electron chi connectivity index (χ4n) is 2.88. The van der Waals surface area contributed by atoms with Gasteiger partial charge >= 0.3 is 0 Å². The number of hydrogen-bond acceptors (Lipinski definition) is 3. The van der Waals surface area contributed by atoms with Gasteiger partial charge in [-0.1, -0.05) is 15.9 Å². The number of halogens is 1. The third-order valence-corrected chi connectivity index (χ3v) is 4.91. The van der Waals surface area contributed by atoms with Gasteiger partial charge in [0.15, 0.2) is 0 Å². The van der Waals surface area contributed by atoms with Crippen molar-refractivity contribution in [3.8, 4) is 5.75 Å². The van der Waals surface area contributed by atoms with Crippen molar-refractivity contribution in [2.45, 2.75) is 13.8 Å². The molecule has 0 saturated carbocycles. The number of anilines is 1. The van der Waals surface area contributed by atoms with Crippen LogP contribution in [0.4, 0.5) is 5.69 Å². The molecule has 0 unspecified atom stereocenters. The molecule has 2 amide bonds. The van der Waals surface area contributed by atoms with Crippen molar-refractivity contribution in [2.24, 2.45) is 0 Å². The Morgan fingerprint density at radius 1 is 1.11 bits per heavy atom. The summed E-state index contributed by atoms with van der Waals surface area (Å²) in [7, 11) is 0. The Morgan fingerprint density at radius 3 is 2.48 bits per heavy atom. The minimum absolute atomic E-state index is 0.0107.